The van der Waals surface area contributed by atoms with Crippen LogP contribution in [-0.2, 0) is 5.54 Å². The van der Waals surface area contributed by atoms with Gasteiger partial charge in [-0.25, -0.2) is 9.79 Å². The smallest absolute Gasteiger partial charge is 0.326 e. The molecular weight excluding hydrogens is 432 g/mol. The lowest BCUT2D eigenvalue weighted by Gasteiger charge is -2.19. The molecule has 0 spiro atoms. The van der Waals surface area contributed by atoms with E-state index in [0.29, 0.717) is 27.5 Å². The average molecular weight is 451 g/mol. The summed E-state index contributed by atoms with van der Waals surface area (Å²) in [4.78, 5) is 30.4. The minimum absolute atomic E-state index is 0.237. The van der Waals surface area contributed by atoms with Crippen molar-refractivity contribution in [2.45, 2.75) is 37.3 Å². The second-order valence-corrected chi connectivity index (χ2v) is 8.62. The Bertz CT molecular complexity index is 1530. The third-order valence-corrected chi connectivity index (χ3v) is 6.08. The van der Waals surface area contributed by atoms with Crippen LogP contribution in [0, 0.1) is 0 Å². The molecule has 0 saturated heterocycles. The Morgan fingerprint density at radius 3 is 2.75 bits per heavy atom. The fraction of sp³-hybridized carbons (Fsp3) is 0.286. The number of halogens is 1. The van der Waals surface area contributed by atoms with Gasteiger partial charge >= 0.3 is 5.69 Å². The van der Waals surface area contributed by atoms with Crippen LogP contribution in [0.3, 0.4) is 0 Å². The number of hydrogen-bond acceptors (Lipinski definition) is 7. The Balaban J connectivity index is 1.50. The SMILES string of the molecule is O=c1[nH]c(O)c(C=c2cnn3c(=NC4CC4)nc(NC4(c5ccccc5Cl)CC4)nc23)[nH]1. The number of anilines is 1. The Morgan fingerprint density at radius 2 is 2.06 bits per heavy atom. The summed E-state index contributed by atoms with van der Waals surface area (Å²) < 4.78 is 1.58. The van der Waals surface area contributed by atoms with Crippen molar-refractivity contribution >= 4 is 29.3 Å². The molecule has 0 bridgehead atoms. The molecule has 11 heteroatoms. The quantitative estimate of drug-likeness (QED) is 0.361. The maximum absolute atomic E-state index is 11.5. The molecule has 32 heavy (non-hydrogen) atoms. The number of fused-ring (bicyclic) bond motifs is 1. The first-order valence-electron chi connectivity index (χ1n) is 10.4. The van der Waals surface area contributed by atoms with E-state index in [4.69, 9.17) is 21.6 Å². The number of imidazole rings is 1. The van der Waals surface area contributed by atoms with Crippen LogP contribution in [-0.4, -0.2) is 40.7 Å². The maximum atomic E-state index is 11.5. The Kier molecular flexibility index (Phi) is 4.12. The first-order chi connectivity index (χ1) is 15.5. The molecule has 0 radical (unpaired) electrons. The van der Waals surface area contributed by atoms with E-state index in [-0.39, 0.29) is 23.2 Å². The Labute approximate surface area is 185 Å². The summed E-state index contributed by atoms with van der Waals surface area (Å²) in [5, 5.41) is 19.1. The Morgan fingerprint density at radius 1 is 1.25 bits per heavy atom. The molecule has 3 aromatic heterocycles. The van der Waals surface area contributed by atoms with Crippen molar-refractivity contribution in [3.05, 3.63) is 68.1 Å². The summed E-state index contributed by atoms with van der Waals surface area (Å²) in [6.07, 6.45) is 7.08. The molecule has 2 aliphatic rings. The lowest BCUT2D eigenvalue weighted by Crippen LogP contribution is -2.28. The van der Waals surface area contributed by atoms with E-state index in [1.807, 2.05) is 24.3 Å². The second kappa shape index (κ2) is 6.92. The molecule has 0 atom stereocenters. The van der Waals surface area contributed by atoms with Crippen molar-refractivity contribution in [3.63, 3.8) is 0 Å². The van der Waals surface area contributed by atoms with Crippen LogP contribution >= 0.6 is 11.6 Å². The molecule has 0 unspecified atom stereocenters. The van der Waals surface area contributed by atoms with Crippen LogP contribution < -0.4 is 21.8 Å². The van der Waals surface area contributed by atoms with Gasteiger partial charge in [-0.05, 0) is 43.4 Å². The molecule has 1 aromatic carbocycles. The molecule has 4 aromatic rings. The van der Waals surface area contributed by atoms with Crippen LogP contribution in [0.15, 0.2) is 40.2 Å². The highest BCUT2D eigenvalue weighted by Gasteiger charge is 2.46. The number of benzene rings is 1. The number of aromatic nitrogens is 6. The van der Waals surface area contributed by atoms with Gasteiger partial charge in [-0.15, -0.1) is 0 Å². The average Bonchev–Trinajstić information content (AvgIpc) is 3.67. The second-order valence-electron chi connectivity index (χ2n) is 8.22. The van der Waals surface area contributed by atoms with E-state index < -0.39 is 5.69 Å². The van der Waals surface area contributed by atoms with Gasteiger partial charge < -0.3 is 15.4 Å². The summed E-state index contributed by atoms with van der Waals surface area (Å²) in [6.45, 7) is 0. The molecule has 2 fully saturated rings. The van der Waals surface area contributed by atoms with Gasteiger partial charge in [-0.1, -0.05) is 29.8 Å². The molecule has 0 aliphatic heterocycles. The van der Waals surface area contributed by atoms with Crippen LogP contribution in [0.1, 0.15) is 36.9 Å². The molecule has 10 nitrogen and oxygen atoms in total. The number of rotatable bonds is 5. The summed E-state index contributed by atoms with van der Waals surface area (Å²) in [5.74, 6) is 0.177. The first-order valence-corrected chi connectivity index (χ1v) is 10.7. The van der Waals surface area contributed by atoms with E-state index in [2.05, 4.69) is 25.4 Å². The minimum atomic E-state index is -0.498. The van der Waals surface area contributed by atoms with Gasteiger partial charge in [0.05, 0.1) is 17.8 Å². The van der Waals surface area contributed by atoms with Gasteiger partial charge in [0.2, 0.25) is 11.8 Å². The van der Waals surface area contributed by atoms with Crippen LogP contribution in [0.2, 0.25) is 5.02 Å². The molecular formula is C21H19ClN8O2. The van der Waals surface area contributed by atoms with Gasteiger partial charge in [0.15, 0.2) is 5.65 Å². The van der Waals surface area contributed by atoms with Crippen LogP contribution in [0.4, 0.5) is 5.95 Å². The number of aromatic amines is 2. The van der Waals surface area contributed by atoms with Gasteiger partial charge in [0.25, 0.3) is 5.62 Å². The molecule has 6 rings (SSSR count). The zero-order chi connectivity index (χ0) is 21.9. The summed E-state index contributed by atoms with van der Waals surface area (Å²) in [7, 11) is 0. The van der Waals surface area contributed by atoms with Crippen LogP contribution in [0.25, 0.3) is 11.7 Å². The van der Waals surface area contributed by atoms with Gasteiger partial charge in [0.1, 0.15) is 5.69 Å². The van der Waals surface area contributed by atoms with E-state index in [0.717, 1.165) is 31.2 Å². The molecule has 2 aliphatic carbocycles. The predicted octanol–water partition coefficient (Wildman–Crippen LogP) is 1.21. The van der Waals surface area contributed by atoms with Crippen molar-refractivity contribution in [1.29, 1.82) is 0 Å². The van der Waals surface area contributed by atoms with Crippen molar-refractivity contribution in [3.8, 4) is 5.88 Å². The first kappa shape index (κ1) is 19.1. The van der Waals surface area contributed by atoms with E-state index >= 15 is 0 Å². The highest BCUT2D eigenvalue weighted by molar-refractivity contribution is 6.31. The number of H-pyrrole nitrogens is 2. The van der Waals surface area contributed by atoms with E-state index in [1.165, 1.54) is 0 Å². The normalized spacial score (nSPS) is 18.4. The van der Waals surface area contributed by atoms with Gasteiger partial charge in [-0.2, -0.15) is 19.6 Å². The Hall–Kier alpha value is -3.66. The van der Waals surface area contributed by atoms with Gasteiger partial charge in [0, 0.05) is 10.2 Å². The monoisotopic (exact) mass is 450 g/mol. The maximum Gasteiger partial charge on any atom is 0.326 e. The van der Waals surface area contributed by atoms with Crippen molar-refractivity contribution in [2.75, 3.05) is 5.32 Å². The number of hydrogen-bond donors (Lipinski definition) is 4. The zero-order valence-corrected chi connectivity index (χ0v) is 17.6. The van der Waals surface area contributed by atoms with Crippen LogP contribution in [0.5, 0.6) is 5.88 Å². The number of nitrogens with one attached hydrogen (secondary N) is 3. The third-order valence-electron chi connectivity index (χ3n) is 5.75. The minimum Gasteiger partial charge on any atom is -0.493 e. The fourth-order valence-electron chi connectivity index (χ4n) is 3.79. The summed E-state index contributed by atoms with van der Waals surface area (Å²) >= 11 is 6.46. The van der Waals surface area contributed by atoms with E-state index in [9.17, 15) is 9.90 Å². The fourth-order valence-corrected chi connectivity index (χ4v) is 4.10. The standard InChI is InChI=1S/C21H19ClN8O2/c22-14-4-2-1-3-13(14)21(7-8-21)29-18-26-16-11(9-15-17(31)27-20(32)25-15)10-23-30(16)19(28-18)24-12-5-6-12/h1-4,9-10,12,31H,5-8H2,(H,24,28,29)(H2,25,27,32). The lowest BCUT2D eigenvalue weighted by molar-refractivity contribution is 0.454. The zero-order valence-electron chi connectivity index (χ0n) is 16.8. The molecule has 3 heterocycles. The molecule has 0 amide bonds. The van der Waals surface area contributed by atoms with Gasteiger partial charge in [-0.3, -0.25) is 4.98 Å². The van der Waals surface area contributed by atoms with Crippen molar-refractivity contribution in [1.82, 2.24) is 29.5 Å². The predicted molar refractivity (Wildman–Crippen MR) is 117 cm³/mol. The topological polar surface area (TPSA) is 136 Å². The number of nitrogens with zero attached hydrogens (tertiary/aromatic N) is 5. The van der Waals surface area contributed by atoms with Crippen molar-refractivity contribution < 1.29 is 5.11 Å². The largest absolute Gasteiger partial charge is 0.493 e. The lowest BCUT2D eigenvalue weighted by atomic mass is 10.1. The molecule has 2 saturated carbocycles. The van der Waals surface area contributed by atoms with E-state index in [1.54, 1.807) is 16.8 Å². The molecule has 162 valence electrons. The number of aromatic hydroxyl groups is 1. The highest BCUT2D eigenvalue weighted by Crippen LogP contribution is 2.49. The van der Waals surface area contributed by atoms with Crippen molar-refractivity contribution in [2.24, 2.45) is 4.99 Å². The highest BCUT2D eigenvalue weighted by atomic mass is 35.5. The third kappa shape index (κ3) is 3.32. The summed E-state index contributed by atoms with van der Waals surface area (Å²) in [5.41, 5.74) is 1.41. The molecule has 4 N–H and O–H groups in total. The summed E-state index contributed by atoms with van der Waals surface area (Å²) in [6, 6.07) is 8.01.